The number of aryl methyl sites for hydroxylation is 1. The average molecular weight is 516 g/mol. The first-order valence-electron chi connectivity index (χ1n) is 10.4. The number of rotatable bonds is 5. The molecule has 0 bridgehead atoms. The van der Waals surface area contributed by atoms with Gasteiger partial charge in [0.15, 0.2) is 0 Å². The fraction of sp³-hybridized carbons (Fsp3) is 0.154. The molecule has 174 valence electrons. The van der Waals surface area contributed by atoms with E-state index in [1.54, 1.807) is 44.3 Å². The molecule has 3 aromatic carbocycles. The molecule has 0 aliphatic carbocycles. The number of hydrogen-bond donors (Lipinski definition) is 2. The number of aromatic nitrogens is 2. The molecule has 0 radical (unpaired) electrons. The highest BCUT2D eigenvalue weighted by Crippen LogP contribution is 2.38. The Morgan fingerprint density at radius 2 is 1.65 bits per heavy atom. The highest BCUT2D eigenvalue weighted by atomic mass is 35.5. The maximum absolute atomic E-state index is 11.2. The number of halogens is 3. The largest absolute Gasteiger partial charge is 0.478 e. The van der Waals surface area contributed by atoms with Gasteiger partial charge in [0.1, 0.15) is 11.4 Å². The minimum Gasteiger partial charge on any atom is -0.478 e. The van der Waals surface area contributed by atoms with E-state index in [2.05, 4.69) is 4.98 Å². The minimum atomic E-state index is -1.18. The third kappa shape index (κ3) is 4.57. The van der Waals surface area contributed by atoms with Gasteiger partial charge in [-0.2, -0.15) is 0 Å². The predicted octanol–water partition coefficient (Wildman–Crippen LogP) is 7.40. The van der Waals surface area contributed by atoms with Crippen LogP contribution in [-0.4, -0.2) is 25.7 Å². The predicted molar refractivity (Wildman–Crippen MR) is 136 cm³/mol. The molecule has 0 saturated heterocycles. The summed E-state index contributed by atoms with van der Waals surface area (Å²) in [7, 11) is 0. The van der Waals surface area contributed by atoms with Gasteiger partial charge >= 0.3 is 5.97 Å². The van der Waals surface area contributed by atoms with Crippen molar-refractivity contribution in [1.29, 1.82) is 0 Å². The van der Waals surface area contributed by atoms with Crippen LogP contribution in [0.4, 0.5) is 0 Å². The minimum absolute atomic E-state index is 0.126. The monoisotopic (exact) mass is 514 g/mol. The van der Waals surface area contributed by atoms with Crippen LogP contribution in [0.25, 0.3) is 28.2 Å². The summed E-state index contributed by atoms with van der Waals surface area (Å²) in [6, 6.07) is 15.7. The Morgan fingerprint density at radius 3 is 2.21 bits per heavy atom. The van der Waals surface area contributed by atoms with E-state index in [9.17, 15) is 15.0 Å². The second kappa shape index (κ2) is 9.08. The Labute approximate surface area is 212 Å². The second-order valence-electron chi connectivity index (χ2n) is 8.48. The third-order valence-corrected chi connectivity index (χ3v) is 6.45. The van der Waals surface area contributed by atoms with Gasteiger partial charge in [0, 0.05) is 16.8 Å². The molecule has 0 fully saturated rings. The zero-order valence-corrected chi connectivity index (χ0v) is 20.9. The van der Waals surface area contributed by atoms with Crippen molar-refractivity contribution in [2.75, 3.05) is 0 Å². The van der Waals surface area contributed by atoms with Crippen molar-refractivity contribution in [3.05, 3.63) is 92.7 Å². The summed E-state index contributed by atoms with van der Waals surface area (Å²) in [4.78, 5) is 15.9. The molecule has 1 heterocycles. The first kappa shape index (κ1) is 24.3. The Balaban J connectivity index is 1.87. The molecule has 0 aliphatic heterocycles. The fourth-order valence-electron chi connectivity index (χ4n) is 3.72. The number of aliphatic hydroxyl groups is 1. The summed E-state index contributed by atoms with van der Waals surface area (Å²) in [6.45, 7) is 5.27. The van der Waals surface area contributed by atoms with Crippen LogP contribution in [0.2, 0.25) is 15.1 Å². The molecule has 0 unspecified atom stereocenters. The summed E-state index contributed by atoms with van der Waals surface area (Å²) in [6.07, 6.45) is 1.77. The maximum Gasteiger partial charge on any atom is 0.335 e. The molecule has 0 aliphatic rings. The van der Waals surface area contributed by atoms with E-state index in [0.717, 1.165) is 22.4 Å². The topological polar surface area (TPSA) is 75.3 Å². The molecule has 0 atom stereocenters. The summed E-state index contributed by atoms with van der Waals surface area (Å²) in [5.41, 5.74) is 3.26. The molecule has 34 heavy (non-hydrogen) atoms. The lowest BCUT2D eigenvalue weighted by Gasteiger charge is -2.15. The third-order valence-electron chi connectivity index (χ3n) is 5.50. The molecule has 5 nitrogen and oxygen atoms in total. The Hall–Kier alpha value is -2.83. The van der Waals surface area contributed by atoms with Crippen molar-refractivity contribution in [3.63, 3.8) is 0 Å². The lowest BCUT2D eigenvalue weighted by molar-refractivity contribution is 0.0695. The van der Waals surface area contributed by atoms with Gasteiger partial charge in [-0.1, -0.05) is 53.0 Å². The Morgan fingerprint density at radius 1 is 0.971 bits per heavy atom. The number of aromatic carboxylic acids is 1. The van der Waals surface area contributed by atoms with Crippen molar-refractivity contribution < 1.29 is 15.0 Å². The number of carboxylic acids is 1. The molecular weight excluding hydrogens is 495 g/mol. The average Bonchev–Trinajstić information content (AvgIpc) is 3.18. The van der Waals surface area contributed by atoms with E-state index < -0.39 is 11.6 Å². The van der Waals surface area contributed by atoms with Crippen LogP contribution in [-0.2, 0) is 5.60 Å². The van der Waals surface area contributed by atoms with Crippen LogP contribution in [0.3, 0.4) is 0 Å². The number of nitrogens with zero attached hydrogens (tertiary/aromatic N) is 2. The number of benzene rings is 3. The summed E-state index contributed by atoms with van der Waals surface area (Å²) < 4.78 is 1.86. The maximum atomic E-state index is 11.2. The van der Waals surface area contributed by atoms with Crippen molar-refractivity contribution in [2.45, 2.75) is 26.4 Å². The van der Waals surface area contributed by atoms with E-state index in [0.29, 0.717) is 32.1 Å². The van der Waals surface area contributed by atoms with Gasteiger partial charge in [0.2, 0.25) is 0 Å². The first-order chi connectivity index (χ1) is 16.0. The zero-order valence-electron chi connectivity index (χ0n) is 18.6. The Kier molecular flexibility index (Phi) is 6.49. The summed E-state index contributed by atoms with van der Waals surface area (Å²) in [5.74, 6) is -0.527. The quantitative estimate of drug-likeness (QED) is 0.290. The van der Waals surface area contributed by atoms with Crippen LogP contribution in [0, 0.1) is 6.92 Å². The highest BCUT2D eigenvalue weighted by Gasteiger charge is 2.25. The molecule has 0 spiro atoms. The van der Waals surface area contributed by atoms with Crippen LogP contribution in [0.5, 0.6) is 0 Å². The van der Waals surface area contributed by atoms with E-state index in [-0.39, 0.29) is 5.56 Å². The van der Waals surface area contributed by atoms with Crippen LogP contribution >= 0.6 is 34.8 Å². The summed E-state index contributed by atoms with van der Waals surface area (Å²) >= 11 is 19.4. The Bertz CT molecular complexity index is 1400. The van der Waals surface area contributed by atoms with E-state index in [1.807, 2.05) is 29.7 Å². The van der Waals surface area contributed by atoms with E-state index in [1.165, 1.54) is 12.1 Å². The number of carbonyl (C=O) groups is 1. The molecule has 4 aromatic rings. The second-order valence-corrected chi connectivity index (χ2v) is 9.70. The highest BCUT2D eigenvalue weighted by molar-refractivity contribution is 6.39. The van der Waals surface area contributed by atoms with E-state index in [4.69, 9.17) is 34.8 Å². The van der Waals surface area contributed by atoms with Gasteiger partial charge in [0.05, 0.1) is 32.6 Å². The van der Waals surface area contributed by atoms with Crippen molar-refractivity contribution in [2.24, 2.45) is 0 Å². The molecule has 2 N–H and O–H groups in total. The van der Waals surface area contributed by atoms with Crippen molar-refractivity contribution in [1.82, 2.24) is 9.55 Å². The van der Waals surface area contributed by atoms with Gasteiger partial charge < -0.3 is 10.2 Å². The van der Waals surface area contributed by atoms with Gasteiger partial charge in [-0.3, -0.25) is 4.57 Å². The SMILES string of the molecule is Cc1cc(-c2ccc(C(=O)O)cc2Cl)ccc1-n1cc(C(C)(C)O)nc1-c1c(Cl)cccc1Cl. The van der Waals surface area contributed by atoms with Crippen LogP contribution in [0.1, 0.15) is 35.5 Å². The standard InChI is InChI=1S/C26H21Cl3N2O3/c1-14-11-15(17-9-7-16(25(32)33)12-20(17)29)8-10-21(14)31-13-22(26(2,3)34)30-24(31)23-18(27)5-4-6-19(23)28/h4-13,34H,1-3H3,(H,32,33). The molecule has 0 saturated carbocycles. The fourth-order valence-corrected chi connectivity index (χ4v) is 4.58. The molecular formula is C26H21Cl3N2O3. The molecule has 0 amide bonds. The number of imidazole rings is 1. The van der Waals surface area contributed by atoms with Crippen molar-refractivity contribution >= 4 is 40.8 Å². The smallest absolute Gasteiger partial charge is 0.335 e. The summed E-state index contributed by atoms with van der Waals surface area (Å²) in [5, 5.41) is 21.0. The van der Waals surface area contributed by atoms with E-state index >= 15 is 0 Å². The van der Waals surface area contributed by atoms with Gasteiger partial charge in [-0.25, -0.2) is 9.78 Å². The van der Waals surface area contributed by atoms with Crippen LogP contribution < -0.4 is 0 Å². The number of hydrogen-bond acceptors (Lipinski definition) is 3. The van der Waals surface area contributed by atoms with Gasteiger partial charge in [-0.15, -0.1) is 0 Å². The lowest BCUT2D eigenvalue weighted by Crippen LogP contribution is -2.15. The molecule has 8 heteroatoms. The zero-order chi connectivity index (χ0) is 24.8. The number of carboxylic acid groups (broad SMARTS) is 1. The normalized spacial score (nSPS) is 11.6. The molecule has 4 rings (SSSR count). The molecule has 1 aromatic heterocycles. The van der Waals surface area contributed by atoms with Gasteiger partial charge in [0.25, 0.3) is 0 Å². The van der Waals surface area contributed by atoms with Gasteiger partial charge in [-0.05, 0) is 68.3 Å². The first-order valence-corrected chi connectivity index (χ1v) is 11.5. The lowest BCUT2D eigenvalue weighted by atomic mass is 10.0. The van der Waals surface area contributed by atoms with Crippen LogP contribution in [0.15, 0.2) is 60.8 Å². The van der Waals surface area contributed by atoms with Crippen molar-refractivity contribution in [3.8, 4) is 28.2 Å².